The number of methoxy groups -OCH3 is 1. The first-order chi connectivity index (χ1) is 12.7. The third-order valence-electron chi connectivity index (χ3n) is 5.08. The van der Waals surface area contributed by atoms with Crippen LogP contribution in [0.4, 0.5) is 0 Å². The summed E-state index contributed by atoms with van der Waals surface area (Å²) in [6.07, 6.45) is 3.93. The zero-order chi connectivity index (χ0) is 18.0. The summed E-state index contributed by atoms with van der Waals surface area (Å²) in [5, 5.41) is 3.22. The van der Waals surface area contributed by atoms with E-state index in [2.05, 4.69) is 5.32 Å². The fourth-order valence-corrected chi connectivity index (χ4v) is 3.80. The Labute approximate surface area is 152 Å². The summed E-state index contributed by atoms with van der Waals surface area (Å²) in [7, 11) is 1.59. The first-order valence-electron chi connectivity index (χ1n) is 9.00. The van der Waals surface area contributed by atoms with Crippen LogP contribution in [0.5, 0.6) is 11.5 Å². The van der Waals surface area contributed by atoms with E-state index in [0.29, 0.717) is 31.3 Å². The molecule has 0 saturated heterocycles. The molecule has 2 aromatic rings. The quantitative estimate of drug-likeness (QED) is 0.888. The van der Waals surface area contributed by atoms with Crippen molar-refractivity contribution in [1.29, 1.82) is 0 Å². The smallest absolute Gasteiger partial charge is 0.287 e. The van der Waals surface area contributed by atoms with E-state index in [-0.39, 0.29) is 5.91 Å². The van der Waals surface area contributed by atoms with Gasteiger partial charge in [-0.1, -0.05) is 18.9 Å². The van der Waals surface area contributed by atoms with E-state index in [9.17, 15) is 4.79 Å². The van der Waals surface area contributed by atoms with E-state index in [4.69, 9.17) is 18.6 Å². The van der Waals surface area contributed by atoms with Crippen molar-refractivity contribution in [2.24, 2.45) is 0 Å². The highest BCUT2D eigenvalue weighted by Crippen LogP contribution is 2.42. The van der Waals surface area contributed by atoms with Gasteiger partial charge in [-0.05, 0) is 42.7 Å². The summed E-state index contributed by atoms with van der Waals surface area (Å²) in [5.41, 5.74) is 0.650. The van der Waals surface area contributed by atoms with Gasteiger partial charge in [-0.2, -0.15) is 0 Å². The fraction of sp³-hybridized carbons (Fsp3) is 0.450. The average Bonchev–Trinajstić information content (AvgIpc) is 3.32. The topological polar surface area (TPSA) is 69.9 Å². The van der Waals surface area contributed by atoms with E-state index in [1.54, 1.807) is 19.2 Å². The number of rotatable bonds is 5. The van der Waals surface area contributed by atoms with Crippen molar-refractivity contribution in [2.75, 3.05) is 20.3 Å². The monoisotopic (exact) mass is 357 g/mol. The van der Waals surface area contributed by atoms with Crippen LogP contribution in [-0.4, -0.2) is 26.2 Å². The molecule has 0 spiro atoms. The fourth-order valence-electron chi connectivity index (χ4n) is 3.80. The molecule has 1 aliphatic heterocycles. The van der Waals surface area contributed by atoms with Crippen LogP contribution >= 0.6 is 0 Å². The highest BCUT2D eigenvalue weighted by Gasteiger charge is 2.38. The molecule has 0 atom stereocenters. The van der Waals surface area contributed by atoms with Crippen LogP contribution in [0, 0.1) is 0 Å². The Morgan fingerprint density at radius 3 is 2.65 bits per heavy atom. The van der Waals surface area contributed by atoms with Crippen LogP contribution < -0.4 is 14.8 Å². The van der Waals surface area contributed by atoms with Crippen molar-refractivity contribution in [3.8, 4) is 11.5 Å². The van der Waals surface area contributed by atoms with Gasteiger partial charge >= 0.3 is 0 Å². The molecule has 6 heteroatoms. The molecular formula is C20H23NO5. The number of furan rings is 1. The lowest BCUT2D eigenvalue weighted by atomic mass is 9.87. The molecule has 1 saturated carbocycles. The predicted octanol–water partition coefficient (Wildman–Crippen LogP) is 3.40. The molecule has 1 aromatic heterocycles. The molecule has 1 amide bonds. The molecular weight excluding hydrogens is 334 g/mol. The number of fused-ring (bicyclic) bond motifs is 1. The molecule has 1 aromatic carbocycles. The number of carbonyl (C=O) groups is 1. The standard InChI is InChI=1S/C20H23NO5/c1-23-13-15-5-7-17(26-15)19(22)21-20(8-2-3-9-20)14-4-6-16-18(12-14)25-11-10-24-16/h4-7,12H,2-3,8-11,13H2,1H3,(H,21,22). The van der Waals surface area contributed by atoms with Gasteiger partial charge < -0.3 is 23.9 Å². The second-order valence-electron chi connectivity index (χ2n) is 6.80. The maximum atomic E-state index is 12.8. The predicted molar refractivity (Wildman–Crippen MR) is 94.5 cm³/mol. The molecule has 1 N–H and O–H groups in total. The molecule has 0 radical (unpaired) electrons. The molecule has 0 unspecified atom stereocenters. The van der Waals surface area contributed by atoms with Crippen LogP contribution in [0.15, 0.2) is 34.7 Å². The van der Waals surface area contributed by atoms with Gasteiger partial charge in [0, 0.05) is 7.11 Å². The molecule has 26 heavy (non-hydrogen) atoms. The van der Waals surface area contributed by atoms with E-state index in [1.165, 1.54) is 0 Å². The molecule has 1 fully saturated rings. The van der Waals surface area contributed by atoms with E-state index in [1.807, 2.05) is 18.2 Å². The van der Waals surface area contributed by atoms with Gasteiger partial charge in [0.05, 0.1) is 5.54 Å². The summed E-state index contributed by atoms with van der Waals surface area (Å²) in [6.45, 7) is 1.46. The van der Waals surface area contributed by atoms with Gasteiger partial charge in [-0.15, -0.1) is 0 Å². The van der Waals surface area contributed by atoms with Gasteiger partial charge in [0.25, 0.3) is 5.91 Å². The minimum atomic E-state index is -0.402. The lowest BCUT2D eigenvalue weighted by Crippen LogP contribution is -2.43. The number of carbonyl (C=O) groups excluding carboxylic acids is 1. The number of hydrogen-bond donors (Lipinski definition) is 1. The zero-order valence-electron chi connectivity index (χ0n) is 14.9. The van der Waals surface area contributed by atoms with Gasteiger partial charge in [0.1, 0.15) is 25.6 Å². The third-order valence-corrected chi connectivity index (χ3v) is 5.08. The second-order valence-corrected chi connectivity index (χ2v) is 6.80. The average molecular weight is 357 g/mol. The number of hydrogen-bond acceptors (Lipinski definition) is 5. The Kier molecular flexibility index (Phi) is 4.59. The van der Waals surface area contributed by atoms with Crippen LogP contribution in [-0.2, 0) is 16.9 Å². The Balaban J connectivity index is 1.59. The van der Waals surface area contributed by atoms with Gasteiger partial charge in [0.2, 0.25) is 0 Å². The first-order valence-corrected chi connectivity index (χ1v) is 9.00. The minimum absolute atomic E-state index is 0.204. The molecule has 2 heterocycles. The van der Waals surface area contributed by atoms with Gasteiger partial charge in [-0.25, -0.2) is 0 Å². The van der Waals surface area contributed by atoms with Crippen molar-refractivity contribution in [3.63, 3.8) is 0 Å². The van der Waals surface area contributed by atoms with Crippen molar-refractivity contribution in [3.05, 3.63) is 47.4 Å². The number of nitrogens with one attached hydrogen (secondary N) is 1. The van der Waals surface area contributed by atoms with E-state index < -0.39 is 5.54 Å². The summed E-state index contributed by atoms with van der Waals surface area (Å²) in [4.78, 5) is 12.8. The molecule has 0 bridgehead atoms. The summed E-state index contributed by atoms with van der Waals surface area (Å²) >= 11 is 0. The van der Waals surface area contributed by atoms with Crippen molar-refractivity contribution in [2.45, 2.75) is 37.8 Å². The molecule has 138 valence electrons. The largest absolute Gasteiger partial charge is 0.486 e. The molecule has 6 nitrogen and oxygen atoms in total. The van der Waals surface area contributed by atoms with Crippen molar-refractivity contribution < 1.29 is 23.4 Å². The van der Waals surface area contributed by atoms with Gasteiger partial charge in [-0.3, -0.25) is 4.79 Å². The number of ether oxygens (including phenoxy) is 3. The highest BCUT2D eigenvalue weighted by molar-refractivity contribution is 5.92. The van der Waals surface area contributed by atoms with Crippen LogP contribution in [0.25, 0.3) is 0 Å². The van der Waals surface area contributed by atoms with Crippen LogP contribution in [0.2, 0.25) is 0 Å². The number of benzene rings is 1. The SMILES string of the molecule is COCc1ccc(C(=O)NC2(c3ccc4c(c3)OCCO4)CCCC2)o1. The zero-order valence-corrected chi connectivity index (χ0v) is 14.9. The maximum absolute atomic E-state index is 12.8. The van der Waals surface area contributed by atoms with Crippen molar-refractivity contribution >= 4 is 5.91 Å². The lowest BCUT2D eigenvalue weighted by molar-refractivity contribution is 0.0860. The molecule has 1 aliphatic carbocycles. The normalized spacial score (nSPS) is 17.9. The van der Waals surface area contributed by atoms with Crippen LogP contribution in [0.1, 0.15) is 47.6 Å². The lowest BCUT2D eigenvalue weighted by Gasteiger charge is -2.32. The third kappa shape index (κ3) is 3.17. The van der Waals surface area contributed by atoms with E-state index >= 15 is 0 Å². The minimum Gasteiger partial charge on any atom is -0.486 e. The Hall–Kier alpha value is -2.47. The Morgan fingerprint density at radius 1 is 1.12 bits per heavy atom. The van der Waals surface area contributed by atoms with Crippen LogP contribution in [0.3, 0.4) is 0 Å². The van der Waals surface area contributed by atoms with Gasteiger partial charge in [0.15, 0.2) is 17.3 Å². The Bertz CT molecular complexity index is 791. The van der Waals surface area contributed by atoms with E-state index in [0.717, 1.165) is 42.7 Å². The van der Waals surface area contributed by atoms with Crippen molar-refractivity contribution in [1.82, 2.24) is 5.32 Å². The summed E-state index contributed by atoms with van der Waals surface area (Å²) in [5.74, 6) is 2.24. The maximum Gasteiger partial charge on any atom is 0.287 e. The Morgan fingerprint density at radius 2 is 1.88 bits per heavy atom. The summed E-state index contributed by atoms with van der Waals surface area (Å²) < 4.78 is 22.0. The molecule has 4 rings (SSSR count). The summed E-state index contributed by atoms with van der Waals surface area (Å²) in [6, 6.07) is 9.41. The first kappa shape index (κ1) is 17.0. The second kappa shape index (κ2) is 7.03. The highest BCUT2D eigenvalue weighted by atomic mass is 16.6. The molecule has 2 aliphatic rings. The number of amides is 1.